The average molecular weight is 442 g/mol. The average Bonchev–Trinajstić information content (AvgIpc) is 3.03. The van der Waals surface area contributed by atoms with Crippen molar-refractivity contribution in [2.24, 2.45) is 4.99 Å². The summed E-state index contributed by atoms with van der Waals surface area (Å²) in [6.45, 7) is 5.18. The molecule has 0 spiro atoms. The first kappa shape index (κ1) is 22.2. The summed E-state index contributed by atoms with van der Waals surface area (Å²) in [5.74, 6) is -0.430. The van der Waals surface area contributed by atoms with E-state index in [1.165, 1.54) is 25.4 Å². The van der Waals surface area contributed by atoms with Crippen molar-refractivity contribution >= 4 is 45.0 Å². The molecule has 3 rings (SSSR count). The molecule has 1 heterocycles. The third kappa shape index (κ3) is 5.58. The second-order valence-corrected chi connectivity index (χ2v) is 8.03. The minimum atomic E-state index is -0.463. The number of fused-ring (bicyclic) bond motifs is 1. The lowest BCUT2D eigenvalue weighted by molar-refractivity contribution is -0.141. The molecule has 8 nitrogen and oxygen atoms in total. The molecule has 1 aromatic heterocycles. The second-order valence-electron chi connectivity index (χ2n) is 7.02. The van der Waals surface area contributed by atoms with E-state index in [-0.39, 0.29) is 18.6 Å². The standard InChI is InChI=1S/C22H23N3O5S/c1-13(2)30-17-8-5-15(6-9-17)21(28)24-22-25(12-20(27)29-4)18-10-7-16(23-14(3)26)11-19(18)31-22/h5-11,13H,12H2,1-4H3,(H,23,26). The number of amides is 2. The zero-order chi connectivity index (χ0) is 22.5. The number of carbonyl (C=O) groups is 3. The first-order chi connectivity index (χ1) is 14.8. The van der Waals surface area contributed by atoms with Gasteiger partial charge >= 0.3 is 5.97 Å². The van der Waals surface area contributed by atoms with Crippen LogP contribution in [0.2, 0.25) is 0 Å². The monoisotopic (exact) mass is 441 g/mol. The number of esters is 1. The molecule has 0 atom stereocenters. The van der Waals surface area contributed by atoms with Crippen molar-refractivity contribution in [1.29, 1.82) is 0 Å². The van der Waals surface area contributed by atoms with Gasteiger partial charge in [-0.2, -0.15) is 4.99 Å². The van der Waals surface area contributed by atoms with Crippen LogP contribution in [0.1, 0.15) is 31.1 Å². The van der Waals surface area contributed by atoms with Crippen LogP contribution in [0.4, 0.5) is 5.69 Å². The molecule has 9 heteroatoms. The van der Waals surface area contributed by atoms with E-state index in [2.05, 4.69) is 10.3 Å². The minimum absolute atomic E-state index is 0.0319. The molecule has 0 aliphatic carbocycles. The van der Waals surface area contributed by atoms with Crippen molar-refractivity contribution in [3.8, 4) is 5.75 Å². The van der Waals surface area contributed by atoms with Gasteiger partial charge in [0.05, 0.1) is 23.4 Å². The maximum Gasteiger partial charge on any atom is 0.325 e. The van der Waals surface area contributed by atoms with Gasteiger partial charge in [-0.1, -0.05) is 11.3 Å². The molecule has 0 saturated heterocycles. The SMILES string of the molecule is COC(=O)Cn1c(=NC(=O)c2ccc(OC(C)C)cc2)sc2cc(NC(C)=O)ccc21. The highest BCUT2D eigenvalue weighted by Gasteiger charge is 2.13. The molecule has 0 aliphatic heterocycles. The third-order valence-corrected chi connectivity index (χ3v) is 5.23. The first-order valence-corrected chi connectivity index (χ1v) is 10.4. The van der Waals surface area contributed by atoms with Gasteiger partial charge in [0.15, 0.2) is 4.80 Å². The molecule has 2 aromatic carbocycles. The van der Waals surface area contributed by atoms with Gasteiger partial charge in [-0.05, 0) is 56.3 Å². The number of hydrogen-bond donors (Lipinski definition) is 1. The lowest BCUT2D eigenvalue weighted by Gasteiger charge is -2.09. The Morgan fingerprint density at radius 1 is 1.13 bits per heavy atom. The number of hydrogen-bond acceptors (Lipinski definition) is 6. The smallest absolute Gasteiger partial charge is 0.325 e. The highest BCUT2D eigenvalue weighted by Crippen LogP contribution is 2.22. The maximum absolute atomic E-state index is 12.8. The first-order valence-electron chi connectivity index (χ1n) is 9.60. The van der Waals surface area contributed by atoms with Gasteiger partial charge in [0, 0.05) is 18.2 Å². The summed E-state index contributed by atoms with van der Waals surface area (Å²) >= 11 is 1.24. The van der Waals surface area contributed by atoms with E-state index >= 15 is 0 Å². The van der Waals surface area contributed by atoms with Gasteiger partial charge in [0.2, 0.25) is 5.91 Å². The van der Waals surface area contributed by atoms with Crippen molar-refractivity contribution in [1.82, 2.24) is 4.57 Å². The van der Waals surface area contributed by atoms with E-state index in [0.29, 0.717) is 27.3 Å². The normalized spacial score (nSPS) is 11.6. The molecule has 0 unspecified atom stereocenters. The van der Waals surface area contributed by atoms with Crippen molar-refractivity contribution in [2.75, 3.05) is 12.4 Å². The van der Waals surface area contributed by atoms with Crippen molar-refractivity contribution in [3.05, 3.63) is 52.8 Å². The topological polar surface area (TPSA) is 99.0 Å². The lowest BCUT2D eigenvalue weighted by Crippen LogP contribution is -2.22. The van der Waals surface area contributed by atoms with Crippen LogP contribution in [0.15, 0.2) is 47.5 Å². The number of methoxy groups -OCH3 is 1. The van der Waals surface area contributed by atoms with Crippen molar-refractivity contribution in [2.45, 2.75) is 33.4 Å². The Morgan fingerprint density at radius 3 is 2.45 bits per heavy atom. The Kier molecular flexibility index (Phi) is 6.86. The van der Waals surface area contributed by atoms with Gasteiger partial charge in [0.1, 0.15) is 12.3 Å². The van der Waals surface area contributed by atoms with E-state index in [9.17, 15) is 14.4 Å². The number of ether oxygens (including phenoxy) is 2. The van der Waals surface area contributed by atoms with Crippen LogP contribution in [0, 0.1) is 0 Å². The highest BCUT2D eigenvalue weighted by atomic mass is 32.1. The Balaban J connectivity index is 2.02. The molecule has 0 aliphatic rings. The van der Waals surface area contributed by atoms with Crippen LogP contribution in [-0.2, 0) is 20.9 Å². The third-order valence-electron chi connectivity index (χ3n) is 4.19. The van der Waals surface area contributed by atoms with Gasteiger partial charge in [-0.15, -0.1) is 0 Å². The number of aromatic nitrogens is 1. The minimum Gasteiger partial charge on any atom is -0.491 e. The van der Waals surface area contributed by atoms with Crippen LogP contribution in [0.3, 0.4) is 0 Å². The van der Waals surface area contributed by atoms with Crippen LogP contribution in [-0.4, -0.2) is 35.6 Å². The van der Waals surface area contributed by atoms with Crippen LogP contribution < -0.4 is 14.9 Å². The second kappa shape index (κ2) is 9.57. The molecule has 162 valence electrons. The fourth-order valence-electron chi connectivity index (χ4n) is 2.89. The summed E-state index contributed by atoms with van der Waals surface area (Å²) in [7, 11) is 1.30. The van der Waals surface area contributed by atoms with E-state index in [0.717, 1.165) is 4.70 Å². The van der Waals surface area contributed by atoms with Crippen molar-refractivity contribution in [3.63, 3.8) is 0 Å². The number of thiazole rings is 1. The summed E-state index contributed by atoms with van der Waals surface area (Å²) in [4.78, 5) is 40.6. The summed E-state index contributed by atoms with van der Waals surface area (Å²) in [6.07, 6.45) is 0.0319. The van der Waals surface area contributed by atoms with Crippen LogP contribution in [0.25, 0.3) is 10.2 Å². The molecular weight excluding hydrogens is 418 g/mol. The van der Waals surface area contributed by atoms with E-state index in [1.807, 2.05) is 13.8 Å². The zero-order valence-electron chi connectivity index (χ0n) is 17.7. The molecule has 31 heavy (non-hydrogen) atoms. The van der Waals surface area contributed by atoms with E-state index in [4.69, 9.17) is 9.47 Å². The molecule has 3 aromatic rings. The summed E-state index contributed by atoms with van der Waals surface area (Å²) in [5.41, 5.74) is 1.72. The fourth-order valence-corrected chi connectivity index (χ4v) is 3.95. The molecule has 0 bridgehead atoms. The highest BCUT2D eigenvalue weighted by molar-refractivity contribution is 7.16. The Labute approximate surface area is 183 Å². The molecule has 0 fully saturated rings. The molecular formula is C22H23N3O5S. The Bertz CT molecular complexity index is 1190. The van der Waals surface area contributed by atoms with Gasteiger partial charge < -0.3 is 19.4 Å². The van der Waals surface area contributed by atoms with Gasteiger partial charge in [-0.3, -0.25) is 14.4 Å². The number of nitrogens with zero attached hydrogens (tertiary/aromatic N) is 2. The predicted octanol–water partition coefficient (Wildman–Crippen LogP) is 3.36. The van der Waals surface area contributed by atoms with Crippen LogP contribution in [0.5, 0.6) is 5.75 Å². The Hall–Kier alpha value is -3.46. The largest absolute Gasteiger partial charge is 0.491 e. The van der Waals surface area contributed by atoms with Gasteiger partial charge in [0.25, 0.3) is 5.91 Å². The summed E-state index contributed by atoms with van der Waals surface area (Å²) in [6, 6.07) is 12.0. The number of anilines is 1. The van der Waals surface area contributed by atoms with Gasteiger partial charge in [-0.25, -0.2) is 0 Å². The van der Waals surface area contributed by atoms with E-state index in [1.54, 1.807) is 47.0 Å². The molecule has 2 amide bonds. The maximum atomic E-state index is 12.8. The quantitative estimate of drug-likeness (QED) is 0.592. The molecule has 1 N–H and O–H groups in total. The summed E-state index contributed by atoms with van der Waals surface area (Å²) in [5, 5.41) is 2.72. The number of rotatable bonds is 6. The summed E-state index contributed by atoms with van der Waals surface area (Å²) < 4.78 is 12.8. The predicted molar refractivity (Wildman–Crippen MR) is 118 cm³/mol. The number of carbonyl (C=O) groups excluding carboxylic acids is 3. The fraction of sp³-hybridized carbons (Fsp3) is 0.273. The number of benzene rings is 2. The van der Waals surface area contributed by atoms with Crippen molar-refractivity contribution < 1.29 is 23.9 Å². The van der Waals surface area contributed by atoms with Crippen LogP contribution >= 0.6 is 11.3 Å². The zero-order valence-corrected chi connectivity index (χ0v) is 18.5. The lowest BCUT2D eigenvalue weighted by atomic mass is 10.2. The molecule has 0 radical (unpaired) electrons. The number of nitrogens with one attached hydrogen (secondary N) is 1. The van der Waals surface area contributed by atoms with E-state index < -0.39 is 11.9 Å². The Morgan fingerprint density at radius 2 is 1.84 bits per heavy atom. The molecule has 0 saturated carbocycles.